The largest absolute Gasteiger partial charge is 0.435 e. The van der Waals surface area contributed by atoms with Crippen molar-refractivity contribution in [2.45, 2.75) is 26.6 Å². The van der Waals surface area contributed by atoms with Crippen molar-refractivity contribution in [3.05, 3.63) is 42.5 Å². The van der Waals surface area contributed by atoms with Crippen molar-refractivity contribution in [2.24, 2.45) is 0 Å². The quantitative estimate of drug-likeness (QED) is 0.874. The molecule has 0 spiro atoms. The van der Waals surface area contributed by atoms with Gasteiger partial charge in [0.2, 0.25) is 0 Å². The SMILES string of the molecule is CCn1ccnc1CNc1cccc(OC(F)F)c1. The minimum Gasteiger partial charge on any atom is -0.435 e. The van der Waals surface area contributed by atoms with Crippen LogP contribution < -0.4 is 10.1 Å². The average Bonchev–Trinajstić information content (AvgIpc) is 2.83. The van der Waals surface area contributed by atoms with Crippen LogP contribution in [0.25, 0.3) is 0 Å². The number of halogens is 2. The number of benzene rings is 1. The summed E-state index contributed by atoms with van der Waals surface area (Å²) in [4.78, 5) is 4.22. The molecule has 1 aromatic heterocycles. The van der Waals surface area contributed by atoms with Gasteiger partial charge in [-0.1, -0.05) is 6.07 Å². The first kappa shape index (κ1) is 13.3. The second kappa shape index (κ2) is 6.17. The third-order valence-corrected chi connectivity index (χ3v) is 2.65. The molecular weight excluding hydrogens is 252 g/mol. The first-order valence-corrected chi connectivity index (χ1v) is 5.98. The van der Waals surface area contributed by atoms with Crippen molar-refractivity contribution in [1.82, 2.24) is 9.55 Å². The molecule has 0 aliphatic heterocycles. The molecule has 19 heavy (non-hydrogen) atoms. The van der Waals surface area contributed by atoms with Crippen molar-refractivity contribution in [2.75, 3.05) is 5.32 Å². The molecule has 0 unspecified atom stereocenters. The Balaban J connectivity index is 1.99. The number of alkyl halides is 2. The second-order valence-electron chi connectivity index (χ2n) is 3.89. The number of aromatic nitrogens is 2. The van der Waals surface area contributed by atoms with E-state index >= 15 is 0 Å². The number of ether oxygens (including phenoxy) is 1. The van der Waals surface area contributed by atoms with E-state index in [1.807, 2.05) is 17.7 Å². The van der Waals surface area contributed by atoms with Gasteiger partial charge >= 0.3 is 6.61 Å². The molecular formula is C13H15F2N3O. The maximum Gasteiger partial charge on any atom is 0.387 e. The van der Waals surface area contributed by atoms with E-state index in [-0.39, 0.29) is 5.75 Å². The average molecular weight is 267 g/mol. The number of imidazole rings is 1. The summed E-state index contributed by atoms with van der Waals surface area (Å²) in [5, 5.41) is 3.13. The van der Waals surface area contributed by atoms with Crippen LogP contribution in [0, 0.1) is 0 Å². The Morgan fingerprint density at radius 2 is 2.26 bits per heavy atom. The lowest BCUT2D eigenvalue weighted by Crippen LogP contribution is -2.08. The maximum atomic E-state index is 12.1. The number of nitrogens with zero attached hydrogens (tertiary/aromatic N) is 2. The fourth-order valence-corrected chi connectivity index (χ4v) is 1.76. The minimum absolute atomic E-state index is 0.138. The van der Waals surface area contributed by atoms with E-state index < -0.39 is 6.61 Å². The molecule has 2 aromatic rings. The highest BCUT2D eigenvalue weighted by molar-refractivity contribution is 5.48. The van der Waals surface area contributed by atoms with Crippen LogP contribution in [-0.2, 0) is 13.1 Å². The fraction of sp³-hybridized carbons (Fsp3) is 0.308. The number of hydrogen-bond donors (Lipinski definition) is 1. The highest BCUT2D eigenvalue weighted by Crippen LogP contribution is 2.19. The summed E-state index contributed by atoms with van der Waals surface area (Å²) in [6, 6.07) is 6.47. The van der Waals surface area contributed by atoms with Crippen LogP contribution in [0.15, 0.2) is 36.7 Å². The van der Waals surface area contributed by atoms with Crippen LogP contribution in [0.5, 0.6) is 5.75 Å². The Morgan fingerprint density at radius 1 is 1.42 bits per heavy atom. The molecule has 0 amide bonds. The zero-order valence-corrected chi connectivity index (χ0v) is 10.5. The molecule has 0 bridgehead atoms. The maximum absolute atomic E-state index is 12.1. The van der Waals surface area contributed by atoms with Crippen LogP contribution in [0.1, 0.15) is 12.7 Å². The molecule has 0 saturated carbocycles. The Kier molecular flexibility index (Phi) is 4.33. The molecule has 1 heterocycles. The molecule has 102 valence electrons. The van der Waals surface area contributed by atoms with E-state index in [2.05, 4.69) is 15.0 Å². The van der Waals surface area contributed by atoms with Gasteiger partial charge in [0.15, 0.2) is 0 Å². The van der Waals surface area contributed by atoms with Gasteiger partial charge in [-0.05, 0) is 19.1 Å². The first-order valence-electron chi connectivity index (χ1n) is 5.98. The normalized spacial score (nSPS) is 10.7. The van der Waals surface area contributed by atoms with Gasteiger partial charge < -0.3 is 14.6 Å². The molecule has 4 nitrogen and oxygen atoms in total. The zero-order valence-electron chi connectivity index (χ0n) is 10.5. The highest BCUT2D eigenvalue weighted by Gasteiger charge is 2.05. The number of rotatable bonds is 6. The highest BCUT2D eigenvalue weighted by atomic mass is 19.3. The number of aryl methyl sites for hydroxylation is 1. The predicted molar refractivity (Wildman–Crippen MR) is 68.3 cm³/mol. The van der Waals surface area contributed by atoms with E-state index in [1.54, 1.807) is 18.3 Å². The number of nitrogens with one attached hydrogen (secondary N) is 1. The molecule has 6 heteroatoms. The number of hydrogen-bond acceptors (Lipinski definition) is 3. The van der Waals surface area contributed by atoms with Crippen LogP contribution in [-0.4, -0.2) is 16.2 Å². The lowest BCUT2D eigenvalue weighted by atomic mass is 10.3. The van der Waals surface area contributed by atoms with E-state index in [4.69, 9.17) is 0 Å². The molecule has 0 atom stereocenters. The van der Waals surface area contributed by atoms with Crippen molar-refractivity contribution in [3.8, 4) is 5.75 Å². The van der Waals surface area contributed by atoms with E-state index in [0.29, 0.717) is 12.2 Å². The van der Waals surface area contributed by atoms with Gasteiger partial charge in [0.25, 0.3) is 0 Å². The van der Waals surface area contributed by atoms with E-state index in [0.717, 1.165) is 12.4 Å². The summed E-state index contributed by atoms with van der Waals surface area (Å²) in [6.07, 6.45) is 3.63. The Bertz CT molecular complexity index is 528. The molecule has 1 N–H and O–H groups in total. The summed E-state index contributed by atoms with van der Waals surface area (Å²) >= 11 is 0. The lowest BCUT2D eigenvalue weighted by Gasteiger charge is -2.10. The van der Waals surface area contributed by atoms with Gasteiger partial charge in [-0.15, -0.1) is 0 Å². The topological polar surface area (TPSA) is 39.1 Å². The van der Waals surface area contributed by atoms with Crippen molar-refractivity contribution >= 4 is 5.69 Å². The van der Waals surface area contributed by atoms with Gasteiger partial charge in [0.05, 0.1) is 6.54 Å². The Hall–Kier alpha value is -2.11. The van der Waals surface area contributed by atoms with Gasteiger partial charge in [0.1, 0.15) is 11.6 Å². The van der Waals surface area contributed by atoms with Crippen molar-refractivity contribution < 1.29 is 13.5 Å². The van der Waals surface area contributed by atoms with Crippen LogP contribution >= 0.6 is 0 Å². The molecule has 1 aromatic carbocycles. The first-order chi connectivity index (χ1) is 9.19. The molecule has 2 rings (SSSR count). The monoisotopic (exact) mass is 267 g/mol. The predicted octanol–water partition coefficient (Wildman–Crippen LogP) is 3.12. The van der Waals surface area contributed by atoms with Crippen LogP contribution in [0.2, 0.25) is 0 Å². The Labute approximate surface area is 110 Å². The molecule has 0 aliphatic rings. The smallest absolute Gasteiger partial charge is 0.387 e. The van der Waals surface area contributed by atoms with Crippen molar-refractivity contribution in [1.29, 1.82) is 0 Å². The number of anilines is 1. The fourth-order valence-electron chi connectivity index (χ4n) is 1.76. The molecule has 0 fully saturated rings. The van der Waals surface area contributed by atoms with Crippen LogP contribution in [0.4, 0.5) is 14.5 Å². The third-order valence-electron chi connectivity index (χ3n) is 2.65. The van der Waals surface area contributed by atoms with Crippen LogP contribution in [0.3, 0.4) is 0 Å². The summed E-state index contributed by atoms with van der Waals surface area (Å²) < 4.78 is 30.6. The summed E-state index contributed by atoms with van der Waals surface area (Å²) in [5.74, 6) is 1.03. The van der Waals surface area contributed by atoms with Gasteiger partial charge in [-0.25, -0.2) is 4.98 Å². The molecule has 0 radical (unpaired) electrons. The summed E-state index contributed by atoms with van der Waals surface area (Å²) in [6.45, 7) is 0.585. The van der Waals surface area contributed by atoms with Crippen molar-refractivity contribution in [3.63, 3.8) is 0 Å². The minimum atomic E-state index is -2.81. The van der Waals surface area contributed by atoms with Gasteiger partial charge in [0, 0.05) is 30.7 Å². The summed E-state index contributed by atoms with van der Waals surface area (Å²) in [5.41, 5.74) is 0.712. The molecule has 0 aliphatic carbocycles. The molecule has 0 saturated heterocycles. The van der Waals surface area contributed by atoms with E-state index in [9.17, 15) is 8.78 Å². The third kappa shape index (κ3) is 3.67. The standard InChI is InChI=1S/C13H15F2N3O/c1-2-18-7-6-16-12(18)9-17-10-4-3-5-11(8-10)19-13(14)15/h3-8,13,17H,2,9H2,1H3. The van der Waals surface area contributed by atoms with E-state index in [1.165, 1.54) is 12.1 Å². The lowest BCUT2D eigenvalue weighted by molar-refractivity contribution is -0.0498. The summed E-state index contributed by atoms with van der Waals surface area (Å²) in [7, 11) is 0. The Morgan fingerprint density at radius 3 is 3.00 bits per heavy atom. The van der Waals surface area contributed by atoms with Gasteiger partial charge in [-0.3, -0.25) is 0 Å². The zero-order chi connectivity index (χ0) is 13.7. The second-order valence-corrected chi connectivity index (χ2v) is 3.89. The van der Waals surface area contributed by atoms with Gasteiger partial charge in [-0.2, -0.15) is 8.78 Å².